The lowest BCUT2D eigenvalue weighted by Gasteiger charge is -2.18. The molecule has 0 atom stereocenters. The highest BCUT2D eigenvalue weighted by molar-refractivity contribution is 7.89. The van der Waals surface area contributed by atoms with Gasteiger partial charge in [-0.15, -0.1) is 16.2 Å². The Bertz CT molecular complexity index is 953. The van der Waals surface area contributed by atoms with Crippen molar-refractivity contribution in [1.82, 2.24) is 10.3 Å². The van der Waals surface area contributed by atoms with E-state index in [9.17, 15) is 18.0 Å². The number of esters is 1. The van der Waals surface area contributed by atoms with Crippen LogP contribution in [-0.4, -0.2) is 40.6 Å². The van der Waals surface area contributed by atoms with Crippen LogP contribution in [0.4, 0.5) is 0 Å². The summed E-state index contributed by atoms with van der Waals surface area (Å²) in [6, 6.07) is 5.73. The van der Waals surface area contributed by atoms with Crippen molar-refractivity contribution in [1.29, 1.82) is 0 Å². The number of hydrogen-bond acceptors (Lipinski definition) is 8. The fourth-order valence-electron chi connectivity index (χ4n) is 2.18. The number of fused-ring (bicyclic) bond motifs is 1. The van der Waals surface area contributed by atoms with Crippen LogP contribution in [-0.2, 0) is 14.8 Å². The van der Waals surface area contributed by atoms with E-state index in [0.29, 0.717) is 24.7 Å². The number of rotatable bonds is 5. The van der Waals surface area contributed by atoms with Gasteiger partial charge in [-0.05, 0) is 29.6 Å². The van der Waals surface area contributed by atoms with E-state index in [1.165, 1.54) is 23.6 Å². The second-order valence-corrected chi connectivity index (χ2v) is 7.59. The summed E-state index contributed by atoms with van der Waals surface area (Å²) in [5.41, 5.74) is 2.27. The molecule has 0 bridgehead atoms. The Kier molecular flexibility index (Phi) is 5.11. The maximum atomic E-state index is 12.3. The summed E-state index contributed by atoms with van der Waals surface area (Å²) in [4.78, 5) is 25.4. The number of carbonyl (C=O) groups excluding carboxylic acids is 2. The van der Waals surface area contributed by atoms with Crippen molar-refractivity contribution in [2.75, 3.05) is 20.3 Å². The van der Waals surface area contributed by atoms with E-state index in [4.69, 9.17) is 9.47 Å². The van der Waals surface area contributed by atoms with Crippen LogP contribution in [0.3, 0.4) is 0 Å². The summed E-state index contributed by atoms with van der Waals surface area (Å²) >= 11 is 0.918. The molecule has 2 N–H and O–H groups in total. The van der Waals surface area contributed by atoms with Crippen LogP contribution in [0, 0.1) is 0 Å². The molecule has 1 aromatic carbocycles. The molecule has 26 heavy (non-hydrogen) atoms. The first kappa shape index (κ1) is 18.2. The Hall–Kier alpha value is -2.63. The highest BCUT2D eigenvalue weighted by atomic mass is 32.2. The van der Waals surface area contributed by atoms with Crippen LogP contribution in [0.15, 0.2) is 34.5 Å². The minimum absolute atomic E-state index is 0.0893. The topological polar surface area (TPSA) is 120 Å². The monoisotopic (exact) mass is 398 g/mol. The van der Waals surface area contributed by atoms with Crippen LogP contribution in [0.5, 0.6) is 11.5 Å². The van der Waals surface area contributed by atoms with Gasteiger partial charge in [-0.3, -0.25) is 10.2 Å². The van der Waals surface area contributed by atoms with Crippen LogP contribution in [0.1, 0.15) is 20.0 Å². The molecule has 0 saturated heterocycles. The minimum Gasteiger partial charge on any atom is -0.486 e. The van der Waals surface area contributed by atoms with E-state index in [0.717, 1.165) is 18.4 Å². The number of hydrazine groups is 1. The first-order valence-electron chi connectivity index (χ1n) is 7.30. The van der Waals surface area contributed by atoms with Crippen molar-refractivity contribution < 1.29 is 32.2 Å². The average Bonchev–Trinajstić information content (AvgIpc) is 3.16. The van der Waals surface area contributed by atoms with Gasteiger partial charge in [-0.1, -0.05) is 0 Å². The van der Waals surface area contributed by atoms with Gasteiger partial charge in [0, 0.05) is 5.56 Å². The predicted octanol–water partition coefficient (Wildman–Crippen LogP) is 0.929. The predicted molar refractivity (Wildman–Crippen MR) is 90.9 cm³/mol. The zero-order valence-corrected chi connectivity index (χ0v) is 15.1. The fraction of sp³-hybridized carbons (Fsp3) is 0.200. The van der Waals surface area contributed by atoms with Crippen LogP contribution < -0.4 is 19.7 Å². The molecule has 1 aliphatic rings. The van der Waals surface area contributed by atoms with E-state index >= 15 is 0 Å². The number of sulfonamides is 1. The molecule has 1 aromatic heterocycles. The zero-order valence-electron chi connectivity index (χ0n) is 13.5. The number of methoxy groups -OCH3 is 1. The summed E-state index contributed by atoms with van der Waals surface area (Å²) in [5, 5.41) is 1.43. The lowest BCUT2D eigenvalue weighted by Crippen LogP contribution is -2.41. The molecule has 0 saturated carbocycles. The van der Waals surface area contributed by atoms with Crippen molar-refractivity contribution in [2.45, 2.75) is 4.90 Å². The van der Waals surface area contributed by atoms with Gasteiger partial charge in [0.15, 0.2) is 11.5 Å². The average molecular weight is 398 g/mol. The number of hydrogen-bond donors (Lipinski definition) is 2. The molecule has 3 rings (SSSR count). The zero-order chi connectivity index (χ0) is 18.7. The molecule has 0 aliphatic carbocycles. The summed E-state index contributed by atoms with van der Waals surface area (Å²) in [6.07, 6.45) is 0. The number of ether oxygens (including phenoxy) is 3. The van der Waals surface area contributed by atoms with E-state index in [2.05, 4.69) is 10.2 Å². The minimum atomic E-state index is -4.15. The number of nitrogens with one attached hydrogen (secondary N) is 2. The molecule has 0 fully saturated rings. The number of amides is 1. The number of thiophene rings is 1. The van der Waals surface area contributed by atoms with Crippen molar-refractivity contribution in [3.05, 3.63) is 40.1 Å². The lowest BCUT2D eigenvalue weighted by atomic mass is 10.2. The van der Waals surface area contributed by atoms with Gasteiger partial charge >= 0.3 is 5.97 Å². The normalized spacial score (nSPS) is 13.1. The van der Waals surface area contributed by atoms with E-state index in [1.54, 1.807) is 6.07 Å². The second kappa shape index (κ2) is 7.32. The molecule has 2 aromatic rings. The Balaban J connectivity index is 1.73. The second-order valence-electron chi connectivity index (χ2n) is 5.02. The van der Waals surface area contributed by atoms with Gasteiger partial charge in [0.1, 0.15) is 23.0 Å². The Morgan fingerprint density at radius 3 is 2.62 bits per heavy atom. The van der Waals surface area contributed by atoms with E-state index in [1.807, 2.05) is 4.83 Å². The largest absolute Gasteiger partial charge is 0.486 e. The molecule has 1 amide bonds. The van der Waals surface area contributed by atoms with Crippen LogP contribution >= 0.6 is 11.3 Å². The SMILES string of the molecule is COC(=O)c1sccc1S(=O)(=O)NNC(=O)c1ccc2c(c1)OCCO2. The molecule has 1 aliphatic heterocycles. The van der Waals surface area contributed by atoms with Crippen LogP contribution in [0.2, 0.25) is 0 Å². The molecule has 138 valence electrons. The van der Waals surface area contributed by atoms with Crippen molar-refractivity contribution >= 4 is 33.2 Å². The number of benzene rings is 1. The summed E-state index contributed by atoms with van der Waals surface area (Å²) in [6.45, 7) is 0.778. The van der Waals surface area contributed by atoms with Crippen molar-refractivity contribution in [2.24, 2.45) is 0 Å². The molecular weight excluding hydrogens is 384 g/mol. The van der Waals surface area contributed by atoms with Gasteiger partial charge in [0.05, 0.1) is 7.11 Å². The third-order valence-corrected chi connectivity index (χ3v) is 5.71. The maximum absolute atomic E-state index is 12.3. The Labute approximate surface area is 152 Å². The number of carbonyl (C=O) groups is 2. The molecule has 2 heterocycles. The van der Waals surface area contributed by atoms with E-state index < -0.39 is 21.9 Å². The third-order valence-electron chi connectivity index (χ3n) is 3.39. The van der Waals surface area contributed by atoms with Gasteiger partial charge in [0.2, 0.25) is 0 Å². The van der Waals surface area contributed by atoms with Gasteiger partial charge in [-0.2, -0.15) is 0 Å². The smallest absolute Gasteiger partial charge is 0.349 e. The van der Waals surface area contributed by atoms with Gasteiger partial charge in [0.25, 0.3) is 15.9 Å². The standard InChI is InChI=1S/C15H14N2O7S2/c1-22-15(19)13-12(4-7-25-13)26(20,21)17-16-14(18)9-2-3-10-11(8-9)24-6-5-23-10/h2-4,7-8,17H,5-6H2,1H3,(H,16,18). The molecule has 0 unspecified atom stereocenters. The Morgan fingerprint density at radius 1 is 1.15 bits per heavy atom. The summed E-state index contributed by atoms with van der Waals surface area (Å²) in [5.74, 6) is -0.564. The van der Waals surface area contributed by atoms with Gasteiger partial charge < -0.3 is 14.2 Å². The molecule has 0 spiro atoms. The molecule has 11 heteroatoms. The fourth-order valence-corrected chi connectivity index (χ4v) is 4.35. The summed E-state index contributed by atoms with van der Waals surface area (Å²) in [7, 11) is -3.00. The maximum Gasteiger partial charge on any atom is 0.349 e. The van der Waals surface area contributed by atoms with Crippen LogP contribution in [0.25, 0.3) is 0 Å². The first-order chi connectivity index (χ1) is 12.4. The van der Waals surface area contributed by atoms with Crippen molar-refractivity contribution in [3.8, 4) is 11.5 Å². The Morgan fingerprint density at radius 2 is 1.88 bits per heavy atom. The highest BCUT2D eigenvalue weighted by Crippen LogP contribution is 2.30. The quantitative estimate of drug-likeness (QED) is 0.568. The van der Waals surface area contributed by atoms with Crippen molar-refractivity contribution in [3.63, 3.8) is 0 Å². The molecule has 9 nitrogen and oxygen atoms in total. The van der Waals surface area contributed by atoms with Gasteiger partial charge in [-0.25, -0.2) is 13.2 Å². The first-order valence-corrected chi connectivity index (χ1v) is 9.66. The summed E-state index contributed by atoms with van der Waals surface area (Å²) < 4.78 is 39.9. The van der Waals surface area contributed by atoms with E-state index in [-0.39, 0.29) is 15.3 Å². The third kappa shape index (κ3) is 3.64. The lowest BCUT2D eigenvalue weighted by molar-refractivity contribution is 0.0602. The molecule has 0 radical (unpaired) electrons. The molecular formula is C15H14N2O7S2. The highest BCUT2D eigenvalue weighted by Gasteiger charge is 2.25.